The summed E-state index contributed by atoms with van der Waals surface area (Å²) in [4.78, 5) is 22.7. The highest BCUT2D eigenvalue weighted by molar-refractivity contribution is 6.03. The Morgan fingerprint density at radius 1 is 1.28 bits per heavy atom. The first-order valence-corrected chi connectivity index (χ1v) is 8.44. The van der Waals surface area contributed by atoms with E-state index < -0.39 is 23.2 Å². The number of amides is 1. The maximum atomic E-state index is 13.7. The van der Waals surface area contributed by atoms with Gasteiger partial charge in [-0.1, -0.05) is 13.0 Å². The third kappa shape index (κ3) is 3.75. The summed E-state index contributed by atoms with van der Waals surface area (Å²) in [5, 5.41) is 2.25. The summed E-state index contributed by atoms with van der Waals surface area (Å²) in [5.74, 6) is -1.66. The summed E-state index contributed by atoms with van der Waals surface area (Å²) in [6.45, 7) is 3.00. The molecule has 1 fully saturated rings. The monoisotopic (exact) mass is 346 g/mol. The first-order chi connectivity index (χ1) is 12.1. The molecule has 1 atom stereocenters. The van der Waals surface area contributed by atoms with Crippen molar-refractivity contribution in [3.05, 3.63) is 47.9 Å². The van der Waals surface area contributed by atoms with E-state index in [9.17, 15) is 13.6 Å². The summed E-state index contributed by atoms with van der Waals surface area (Å²) < 4.78 is 27.4. The number of hydrogen-bond donors (Lipinski definition) is 1. The molecule has 1 N–H and O–H groups in total. The number of para-hydroxylation sites is 1. The van der Waals surface area contributed by atoms with Gasteiger partial charge in [0.05, 0.1) is 0 Å². The predicted octanol–water partition coefficient (Wildman–Crippen LogP) is 3.78. The quantitative estimate of drug-likeness (QED) is 0.915. The van der Waals surface area contributed by atoms with Gasteiger partial charge in [-0.05, 0) is 37.8 Å². The molecule has 1 aromatic carbocycles. The van der Waals surface area contributed by atoms with Crippen LogP contribution in [0.15, 0.2) is 30.6 Å². The summed E-state index contributed by atoms with van der Waals surface area (Å²) in [6, 6.07) is 5.36. The number of carbonyl (C=O) groups is 1. The van der Waals surface area contributed by atoms with Gasteiger partial charge in [0, 0.05) is 18.7 Å². The molecule has 1 aliphatic rings. The minimum Gasteiger partial charge on any atom is -0.354 e. The largest absolute Gasteiger partial charge is 0.354 e. The Balaban J connectivity index is 1.82. The Hall–Kier alpha value is -2.57. The van der Waals surface area contributed by atoms with E-state index in [4.69, 9.17) is 0 Å². The van der Waals surface area contributed by atoms with Crippen LogP contribution in [0, 0.1) is 11.6 Å². The molecule has 0 radical (unpaired) electrons. The zero-order chi connectivity index (χ0) is 17.8. The molecule has 0 bridgehead atoms. The lowest BCUT2D eigenvalue weighted by Crippen LogP contribution is -2.39. The maximum Gasteiger partial charge on any atom is 0.274 e. The zero-order valence-electron chi connectivity index (χ0n) is 14.0. The highest BCUT2D eigenvalue weighted by atomic mass is 19.1. The maximum absolute atomic E-state index is 13.7. The van der Waals surface area contributed by atoms with Gasteiger partial charge in [-0.25, -0.2) is 18.7 Å². The molecule has 3 rings (SSSR count). The topological polar surface area (TPSA) is 58.1 Å². The van der Waals surface area contributed by atoms with E-state index >= 15 is 0 Å². The van der Waals surface area contributed by atoms with Crippen molar-refractivity contribution < 1.29 is 13.6 Å². The number of anilines is 2. The molecule has 1 saturated heterocycles. The van der Waals surface area contributed by atoms with Gasteiger partial charge in [-0.15, -0.1) is 0 Å². The van der Waals surface area contributed by atoms with Crippen molar-refractivity contribution in [1.29, 1.82) is 0 Å². The summed E-state index contributed by atoms with van der Waals surface area (Å²) >= 11 is 0. The lowest BCUT2D eigenvalue weighted by Gasteiger charge is -2.36. The van der Waals surface area contributed by atoms with Crippen LogP contribution < -0.4 is 10.2 Å². The molecule has 1 aliphatic heterocycles. The Kier molecular flexibility index (Phi) is 5.21. The number of nitrogens with one attached hydrogen (secondary N) is 1. The van der Waals surface area contributed by atoms with Gasteiger partial charge in [0.1, 0.15) is 35.2 Å². The van der Waals surface area contributed by atoms with Crippen molar-refractivity contribution in [2.24, 2.45) is 0 Å². The van der Waals surface area contributed by atoms with E-state index in [-0.39, 0.29) is 5.69 Å². The van der Waals surface area contributed by atoms with Crippen LogP contribution in [0.3, 0.4) is 0 Å². The molecular weight excluding hydrogens is 326 g/mol. The average molecular weight is 346 g/mol. The van der Waals surface area contributed by atoms with Gasteiger partial charge in [-0.3, -0.25) is 4.79 Å². The smallest absolute Gasteiger partial charge is 0.274 e. The van der Waals surface area contributed by atoms with Gasteiger partial charge < -0.3 is 10.2 Å². The highest BCUT2D eigenvalue weighted by Gasteiger charge is 2.23. The number of nitrogens with zero attached hydrogens (tertiary/aromatic N) is 3. The Labute approximate surface area is 145 Å². The van der Waals surface area contributed by atoms with Gasteiger partial charge in [0.15, 0.2) is 0 Å². The second kappa shape index (κ2) is 7.55. The Morgan fingerprint density at radius 3 is 2.76 bits per heavy atom. The van der Waals surface area contributed by atoms with Crippen molar-refractivity contribution in [2.75, 3.05) is 16.8 Å². The van der Waals surface area contributed by atoms with Crippen LogP contribution in [0.1, 0.15) is 43.1 Å². The van der Waals surface area contributed by atoms with E-state index in [0.29, 0.717) is 11.9 Å². The summed E-state index contributed by atoms with van der Waals surface area (Å²) in [6.07, 6.45) is 5.64. The second-order valence-electron chi connectivity index (χ2n) is 6.06. The molecule has 132 valence electrons. The normalized spacial score (nSPS) is 17.4. The molecule has 0 aliphatic carbocycles. The molecule has 2 heterocycles. The van der Waals surface area contributed by atoms with Gasteiger partial charge in [-0.2, -0.15) is 0 Å². The summed E-state index contributed by atoms with van der Waals surface area (Å²) in [7, 11) is 0. The fourth-order valence-corrected chi connectivity index (χ4v) is 3.15. The lowest BCUT2D eigenvalue weighted by atomic mass is 10.00. The predicted molar refractivity (Wildman–Crippen MR) is 91.6 cm³/mol. The van der Waals surface area contributed by atoms with E-state index in [1.165, 1.54) is 18.8 Å². The minimum absolute atomic E-state index is 0.0769. The number of rotatable bonds is 4. The first kappa shape index (κ1) is 17.3. The standard InChI is InChI=1S/C18H20F2N4O/c1-2-12-6-3-4-9-24(12)16-10-15(21-11-22-16)18(25)23-17-13(19)7-5-8-14(17)20/h5,7-8,10-12H,2-4,6,9H2,1H3,(H,23,25). The zero-order valence-corrected chi connectivity index (χ0v) is 14.0. The van der Waals surface area contributed by atoms with Crippen LogP contribution in [0.5, 0.6) is 0 Å². The van der Waals surface area contributed by atoms with Crippen molar-refractivity contribution in [2.45, 2.75) is 38.6 Å². The van der Waals surface area contributed by atoms with Gasteiger partial charge >= 0.3 is 0 Å². The molecule has 0 saturated carbocycles. The Morgan fingerprint density at radius 2 is 2.04 bits per heavy atom. The van der Waals surface area contributed by atoms with Crippen LogP contribution in [-0.4, -0.2) is 28.5 Å². The van der Waals surface area contributed by atoms with Crippen molar-refractivity contribution in [3.63, 3.8) is 0 Å². The molecule has 5 nitrogen and oxygen atoms in total. The van der Waals surface area contributed by atoms with E-state index in [0.717, 1.165) is 37.9 Å². The molecule has 7 heteroatoms. The third-order valence-electron chi connectivity index (χ3n) is 4.48. The van der Waals surface area contributed by atoms with Crippen LogP contribution in [0.2, 0.25) is 0 Å². The number of piperidine rings is 1. The first-order valence-electron chi connectivity index (χ1n) is 8.44. The van der Waals surface area contributed by atoms with Crippen LogP contribution >= 0.6 is 0 Å². The van der Waals surface area contributed by atoms with Crippen molar-refractivity contribution >= 4 is 17.4 Å². The Bertz CT molecular complexity index is 748. The van der Waals surface area contributed by atoms with Gasteiger partial charge in [0.25, 0.3) is 5.91 Å². The minimum atomic E-state index is -0.829. The number of hydrogen-bond acceptors (Lipinski definition) is 4. The number of benzene rings is 1. The average Bonchev–Trinajstić information content (AvgIpc) is 2.64. The molecule has 1 aromatic heterocycles. The third-order valence-corrected chi connectivity index (χ3v) is 4.48. The lowest BCUT2D eigenvalue weighted by molar-refractivity contribution is 0.102. The molecule has 0 spiro atoms. The number of aromatic nitrogens is 2. The SMILES string of the molecule is CCC1CCCCN1c1cc(C(=O)Nc2c(F)cccc2F)ncn1. The fraction of sp³-hybridized carbons (Fsp3) is 0.389. The summed E-state index contributed by atoms with van der Waals surface area (Å²) in [5.41, 5.74) is -0.398. The number of halogens is 2. The van der Waals surface area contributed by atoms with E-state index in [2.05, 4.69) is 27.1 Å². The van der Waals surface area contributed by atoms with Crippen LogP contribution in [-0.2, 0) is 0 Å². The van der Waals surface area contributed by atoms with Gasteiger partial charge in [0.2, 0.25) is 0 Å². The molecule has 1 amide bonds. The molecule has 1 unspecified atom stereocenters. The molecule has 2 aromatic rings. The highest BCUT2D eigenvalue weighted by Crippen LogP contribution is 2.25. The fourth-order valence-electron chi connectivity index (χ4n) is 3.15. The molecular formula is C18H20F2N4O. The van der Waals surface area contributed by atoms with E-state index in [1.807, 2.05) is 0 Å². The molecule has 25 heavy (non-hydrogen) atoms. The van der Waals surface area contributed by atoms with E-state index in [1.54, 1.807) is 6.07 Å². The number of carbonyl (C=O) groups excluding carboxylic acids is 1. The second-order valence-corrected chi connectivity index (χ2v) is 6.06. The van der Waals surface area contributed by atoms with Crippen molar-refractivity contribution in [3.8, 4) is 0 Å². The van der Waals surface area contributed by atoms with Crippen molar-refractivity contribution in [1.82, 2.24) is 9.97 Å². The van der Waals surface area contributed by atoms with Crippen LogP contribution in [0.25, 0.3) is 0 Å². The van der Waals surface area contributed by atoms with Crippen LogP contribution in [0.4, 0.5) is 20.3 Å².